The summed E-state index contributed by atoms with van der Waals surface area (Å²) in [5.41, 5.74) is 7.82. The Bertz CT molecular complexity index is 738. The summed E-state index contributed by atoms with van der Waals surface area (Å²) in [6, 6.07) is 13.8. The molecule has 2 aromatic carbocycles. The maximum atomic E-state index is 13.1. The Balaban J connectivity index is 2.04. The molecule has 4 heteroatoms. The van der Waals surface area contributed by atoms with Crippen molar-refractivity contribution in [3.63, 3.8) is 0 Å². The fourth-order valence-corrected chi connectivity index (χ4v) is 2.62. The fraction of sp³-hybridized carbons (Fsp3) is 0.0667. The molecule has 0 radical (unpaired) electrons. The van der Waals surface area contributed by atoms with Crippen LogP contribution in [0.5, 0.6) is 0 Å². The van der Waals surface area contributed by atoms with Gasteiger partial charge in [-0.1, -0.05) is 12.1 Å². The highest BCUT2D eigenvalue weighted by atomic mass is 127. The molecule has 0 spiro atoms. The Morgan fingerprint density at radius 2 is 1.95 bits per heavy atom. The van der Waals surface area contributed by atoms with Gasteiger partial charge in [0.15, 0.2) is 0 Å². The number of fused-ring (bicyclic) bond motifs is 1. The molecule has 3 aromatic rings. The number of hydrogen-bond acceptors (Lipinski definition) is 2. The molecule has 3 rings (SSSR count). The standard InChI is InChI=1S/C15H11FINO/c16-11-4-5-13-10(6-11)8-14(19-13)15(18)9-2-1-3-12(17)7-9/h1-8,15H,18H2. The second-order valence-corrected chi connectivity index (χ2v) is 5.61. The minimum absolute atomic E-state index is 0.275. The van der Waals surface area contributed by atoms with Gasteiger partial charge in [0.2, 0.25) is 0 Å². The van der Waals surface area contributed by atoms with Crippen molar-refractivity contribution < 1.29 is 8.81 Å². The van der Waals surface area contributed by atoms with E-state index in [9.17, 15) is 4.39 Å². The molecule has 0 aliphatic carbocycles. The van der Waals surface area contributed by atoms with Crippen molar-refractivity contribution in [3.05, 3.63) is 69.2 Å². The first-order valence-electron chi connectivity index (χ1n) is 5.83. The van der Waals surface area contributed by atoms with Crippen LogP contribution in [-0.4, -0.2) is 0 Å². The highest BCUT2D eigenvalue weighted by molar-refractivity contribution is 14.1. The van der Waals surface area contributed by atoms with E-state index in [-0.39, 0.29) is 11.9 Å². The summed E-state index contributed by atoms with van der Waals surface area (Å²) in [5.74, 6) is 0.366. The summed E-state index contributed by atoms with van der Waals surface area (Å²) in [6.45, 7) is 0. The first kappa shape index (κ1) is 12.6. The molecule has 1 atom stereocenters. The Kier molecular flexibility index (Phi) is 3.28. The van der Waals surface area contributed by atoms with E-state index in [4.69, 9.17) is 10.2 Å². The molecular weight excluding hydrogens is 356 g/mol. The Hall–Kier alpha value is -1.40. The molecule has 0 saturated carbocycles. The molecule has 0 saturated heterocycles. The molecule has 0 fully saturated rings. The lowest BCUT2D eigenvalue weighted by Crippen LogP contribution is -2.10. The van der Waals surface area contributed by atoms with E-state index >= 15 is 0 Å². The van der Waals surface area contributed by atoms with Gasteiger partial charge in [-0.25, -0.2) is 4.39 Å². The van der Waals surface area contributed by atoms with Crippen LogP contribution >= 0.6 is 22.6 Å². The van der Waals surface area contributed by atoms with Crippen LogP contribution in [0.1, 0.15) is 17.4 Å². The Morgan fingerprint density at radius 3 is 2.74 bits per heavy atom. The van der Waals surface area contributed by atoms with E-state index in [1.807, 2.05) is 24.3 Å². The van der Waals surface area contributed by atoms with Crippen LogP contribution < -0.4 is 5.73 Å². The molecule has 0 aliphatic heterocycles. The number of hydrogen-bond donors (Lipinski definition) is 1. The van der Waals surface area contributed by atoms with Gasteiger partial charge in [-0.3, -0.25) is 0 Å². The van der Waals surface area contributed by atoms with Crippen molar-refractivity contribution in [2.75, 3.05) is 0 Å². The zero-order valence-electron chi connectivity index (χ0n) is 9.94. The summed E-state index contributed by atoms with van der Waals surface area (Å²) in [4.78, 5) is 0. The summed E-state index contributed by atoms with van der Waals surface area (Å²) in [6.07, 6.45) is 0. The Labute approximate surface area is 123 Å². The van der Waals surface area contributed by atoms with Gasteiger partial charge in [0.1, 0.15) is 17.2 Å². The van der Waals surface area contributed by atoms with Crippen LogP contribution in [0, 0.1) is 9.39 Å². The van der Waals surface area contributed by atoms with Crippen molar-refractivity contribution >= 4 is 33.6 Å². The van der Waals surface area contributed by atoms with Gasteiger partial charge in [0, 0.05) is 8.96 Å². The van der Waals surface area contributed by atoms with Gasteiger partial charge in [-0.05, 0) is 64.6 Å². The second-order valence-electron chi connectivity index (χ2n) is 4.36. The maximum absolute atomic E-state index is 13.1. The largest absolute Gasteiger partial charge is 0.459 e. The van der Waals surface area contributed by atoms with Crippen LogP contribution in [-0.2, 0) is 0 Å². The van der Waals surface area contributed by atoms with Gasteiger partial charge >= 0.3 is 0 Å². The van der Waals surface area contributed by atoms with E-state index in [0.29, 0.717) is 11.3 Å². The maximum Gasteiger partial charge on any atom is 0.134 e. The van der Waals surface area contributed by atoms with Gasteiger partial charge < -0.3 is 10.2 Å². The lowest BCUT2D eigenvalue weighted by Gasteiger charge is -2.09. The predicted molar refractivity (Wildman–Crippen MR) is 81.4 cm³/mol. The van der Waals surface area contributed by atoms with Crippen LogP contribution in [0.3, 0.4) is 0 Å². The summed E-state index contributed by atoms with van der Waals surface area (Å²) in [7, 11) is 0. The number of halogens is 2. The molecule has 2 N–H and O–H groups in total. The third-order valence-corrected chi connectivity index (χ3v) is 3.68. The molecule has 1 heterocycles. The molecule has 1 unspecified atom stereocenters. The number of rotatable bonds is 2. The van der Waals surface area contributed by atoms with Crippen molar-refractivity contribution in [3.8, 4) is 0 Å². The van der Waals surface area contributed by atoms with Gasteiger partial charge in [0.05, 0.1) is 6.04 Å². The number of benzene rings is 2. The van der Waals surface area contributed by atoms with E-state index in [0.717, 1.165) is 14.5 Å². The predicted octanol–water partition coefficient (Wildman–Crippen LogP) is 4.22. The highest BCUT2D eigenvalue weighted by Gasteiger charge is 2.14. The average molecular weight is 367 g/mol. The lowest BCUT2D eigenvalue weighted by atomic mass is 10.1. The first-order valence-corrected chi connectivity index (χ1v) is 6.91. The van der Waals surface area contributed by atoms with Crippen molar-refractivity contribution in [2.45, 2.75) is 6.04 Å². The SMILES string of the molecule is NC(c1cccc(I)c1)c1cc2cc(F)ccc2o1. The molecule has 19 heavy (non-hydrogen) atoms. The van der Waals surface area contributed by atoms with Crippen LogP contribution in [0.2, 0.25) is 0 Å². The van der Waals surface area contributed by atoms with Gasteiger partial charge in [0.25, 0.3) is 0 Å². The third-order valence-electron chi connectivity index (χ3n) is 3.01. The zero-order chi connectivity index (χ0) is 13.4. The van der Waals surface area contributed by atoms with E-state index in [1.165, 1.54) is 12.1 Å². The third kappa shape index (κ3) is 2.50. The first-order chi connectivity index (χ1) is 9.13. The van der Waals surface area contributed by atoms with Crippen LogP contribution in [0.4, 0.5) is 4.39 Å². The normalized spacial score (nSPS) is 12.8. The van der Waals surface area contributed by atoms with Crippen molar-refractivity contribution in [2.24, 2.45) is 5.73 Å². The molecule has 1 aromatic heterocycles. The number of furan rings is 1. The molecule has 0 amide bonds. The van der Waals surface area contributed by atoms with Crippen LogP contribution in [0.15, 0.2) is 52.9 Å². The van der Waals surface area contributed by atoms with Crippen LogP contribution in [0.25, 0.3) is 11.0 Å². The second kappa shape index (κ2) is 4.94. The minimum atomic E-state index is -0.342. The van der Waals surface area contributed by atoms with E-state index in [1.54, 1.807) is 12.1 Å². The van der Waals surface area contributed by atoms with Gasteiger partial charge in [-0.15, -0.1) is 0 Å². The van der Waals surface area contributed by atoms with Crippen molar-refractivity contribution in [1.29, 1.82) is 0 Å². The molecule has 0 aliphatic rings. The van der Waals surface area contributed by atoms with Crippen molar-refractivity contribution in [1.82, 2.24) is 0 Å². The van der Waals surface area contributed by atoms with E-state index < -0.39 is 0 Å². The minimum Gasteiger partial charge on any atom is -0.459 e. The molecule has 0 bridgehead atoms. The zero-order valence-corrected chi connectivity index (χ0v) is 12.1. The van der Waals surface area contributed by atoms with Gasteiger partial charge in [-0.2, -0.15) is 0 Å². The average Bonchev–Trinajstić information content (AvgIpc) is 2.80. The highest BCUT2D eigenvalue weighted by Crippen LogP contribution is 2.27. The Morgan fingerprint density at radius 1 is 1.11 bits per heavy atom. The summed E-state index contributed by atoms with van der Waals surface area (Å²) >= 11 is 2.24. The number of nitrogens with two attached hydrogens (primary N) is 1. The summed E-state index contributed by atoms with van der Waals surface area (Å²) < 4.78 is 20.0. The smallest absolute Gasteiger partial charge is 0.134 e. The monoisotopic (exact) mass is 367 g/mol. The lowest BCUT2D eigenvalue weighted by molar-refractivity contribution is 0.524. The summed E-state index contributed by atoms with van der Waals surface area (Å²) in [5, 5.41) is 0.732. The molecule has 96 valence electrons. The molecule has 2 nitrogen and oxygen atoms in total. The molecular formula is C15H11FINO. The quantitative estimate of drug-likeness (QED) is 0.689. The fourth-order valence-electron chi connectivity index (χ4n) is 2.05. The van der Waals surface area contributed by atoms with E-state index in [2.05, 4.69) is 22.6 Å². The topological polar surface area (TPSA) is 39.2 Å².